The molecule has 3 aromatic rings. The first-order valence-corrected chi connectivity index (χ1v) is 6.78. The Bertz CT molecular complexity index is 830. The predicted molar refractivity (Wildman–Crippen MR) is 82.7 cm³/mol. The van der Waals surface area contributed by atoms with E-state index < -0.39 is 5.97 Å². The molecule has 1 heterocycles. The molecule has 21 heavy (non-hydrogen) atoms. The second kappa shape index (κ2) is 4.74. The fourth-order valence-electron chi connectivity index (χ4n) is 2.73. The molecule has 0 atom stereocenters. The minimum atomic E-state index is -0.925. The molecule has 0 saturated heterocycles. The van der Waals surface area contributed by atoms with Gasteiger partial charge < -0.3 is 10.1 Å². The van der Waals surface area contributed by atoms with Crippen LogP contribution < -0.4 is 0 Å². The van der Waals surface area contributed by atoms with Crippen LogP contribution in [0.1, 0.15) is 27.0 Å². The predicted octanol–water partition coefficient (Wildman–Crippen LogP) is 3.85. The molecule has 0 fully saturated rings. The maximum absolute atomic E-state index is 11.7. The Hall–Kier alpha value is -2.62. The third-order valence-electron chi connectivity index (χ3n) is 3.88. The van der Waals surface area contributed by atoms with Crippen LogP contribution >= 0.6 is 0 Å². The first kappa shape index (κ1) is 13.4. The zero-order valence-electron chi connectivity index (χ0n) is 12.2. The number of nitrogens with one attached hydrogen (secondary N) is 1. The average molecular weight is 280 g/mol. The normalized spacial score (nSPS) is 11.0. The highest BCUT2D eigenvalue weighted by molar-refractivity contribution is 5.98. The van der Waals surface area contributed by atoms with Gasteiger partial charge in [-0.15, -0.1) is 0 Å². The Morgan fingerprint density at radius 3 is 2.52 bits per heavy atom. The van der Waals surface area contributed by atoms with Crippen molar-refractivity contribution in [3.63, 3.8) is 0 Å². The lowest BCUT2D eigenvalue weighted by Gasteiger charge is -2.13. The maximum atomic E-state index is 11.7. The highest BCUT2D eigenvalue weighted by atomic mass is 16.4. The Labute approximate surface area is 122 Å². The summed E-state index contributed by atoms with van der Waals surface area (Å²) >= 11 is 0. The number of benzene rings is 2. The summed E-state index contributed by atoms with van der Waals surface area (Å²) < 4.78 is 0. The number of hydrogen-bond donors (Lipinski definition) is 2. The van der Waals surface area contributed by atoms with E-state index in [1.807, 2.05) is 51.1 Å². The van der Waals surface area contributed by atoms with E-state index in [-0.39, 0.29) is 0 Å². The zero-order valence-corrected chi connectivity index (χ0v) is 12.2. The fraction of sp³-hybridized carbons (Fsp3) is 0.176. The zero-order chi connectivity index (χ0) is 15.1. The van der Waals surface area contributed by atoms with Crippen molar-refractivity contribution in [1.82, 2.24) is 9.97 Å². The van der Waals surface area contributed by atoms with Crippen molar-refractivity contribution in [3.8, 4) is 11.4 Å². The molecule has 0 aliphatic heterocycles. The monoisotopic (exact) mass is 280 g/mol. The van der Waals surface area contributed by atoms with Crippen LogP contribution in [0.3, 0.4) is 0 Å². The highest BCUT2D eigenvalue weighted by Crippen LogP contribution is 2.31. The van der Waals surface area contributed by atoms with Gasteiger partial charge in [-0.2, -0.15) is 0 Å². The lowest BCUT2D eigenvalue weighted by atomic mass is 9.93. The van der Waals surface area contributed by atoms with Gasteiger partial charge in [0.15, 0.2) is 0 Å². The molecule has 3 rings (SSSR count). The van der Waals surface area contributed by atoms with Crippen molar-refractivity contribution < 1.29 is 9.90 Å². The van der Waals surface area contributed by atoms with Gasteiger partial charge in [-0.1, -0.05) is 18.2 Å². The Morgan fingerprint density at radius 2 is 1.86 bits per heavy atom. The smallest absolute Gasteiger partial charge is 0.336 e. The minimum Gasteiger partial charge on any atom is -0.478 e. The van der Waals surface area contributed by atoms with Gasteiger partial charge >= 0.3 is 5.97 Å². The van der Waals surface area contributed by atoms with Gasteiger partial charge in [0.05, 0.1) is 16.6 Å². The van der Waals surface area contributed by atoms with E-state index in [4.69, 9.17) is 0 Å². The van der Waals surface area contributed by atoms with Crippen LogP contribution in [0, 0.1) is 20.8 Å². The number of nitrogens with zero attached hydrogens (tertiary/aromatic N) is 1. The Balaban J connectivity index is 2.37. The van der Waals surface area contributed by atoms with Crippen LogP contribution in [0.25, 0.3) is 22.4 Å². The first-order chi connectivity index (χ1) is 9.99. The molecule has 0 aliphatic rings. The van der Waals surface area contributed by atoms with Crippen molar-refractivity contribution in [3.05, 3.63) is 52.6 Å². The number of carboxylic acids is 1. The van der Waals surface area contributed by atoms with Crippen molar-refractivity contribution in [2.45, 2.75) is 20.8 Å². The van der Waals surface area contributed by atoms with Gasteiger partial charge in [0, 0.05) is 5.56 Å². The number of H-pyrrole nitrogens is 1. The van der Waals surface area contributed by atoms with Crippen LogP contribution in [-0.4, -0.2) is 21.0 Å². The molecule has 0 saturated carbocycles. The molecular weight excluding hydrogens is 264 g/mol. The van der Waals surface area contributed by atoms with Gasteiger partial charge in [0.2, 0.25) is 0 Å². The summed E-state index contributed by atoms with van der Waals surface area (Å²) in [5.74, 6) is -0.316. The maximum Gasteiger partial charge on any atom is 0.336 e. The molecule has 106 valence electrons. The minimum absolute atomic E-state index is 0.317. The summed E-state index contributed by atoms with van der Waals surface area (Å²) in [6.45, 7) is 5.74. The van der Waals surface area contributed by atoms with Crippen molar-refractivity contribution >= 4 is 17.0 Å². The Morgan fingerprint density at radius 1 is 1.14 bits per heavy atom. The molecule has 4 nitrogen and oxygen atoms in total. The molecule has 0 amide bonds. The van der Waals surface area contributed by atoms with Crippen LogP contribution in [-0.2, 0) is 0 Å². The summed E-state index contributed by atoms with van der Waals surface area (Å²) in [6, 6.07) is 9.60. The number of carboxylic acid groups (broad SMARTS) is 1. The van der Waals surface area contributed by atoms with E-state index in [0.29, 0.717) is 17.0 Å². The lowest BCUT2D eigenvalue weighted by molar-refractivity contribution is 0.0697. The van der Waals surface area contributed by atoms with Gasteiger partial charge in [0.25, 0.3) is 0 Å². The lowest BCUT2D eigenvalue weighted by Crippen LogP contribution is -2.06. The number of hydrogen-bond acceptors (Lipinski definition) is 2. The van der Waals surface area contributed by atoms with Gasteiger partial charge in [-0.25, -0.2) is 9.78 Å². The molecule has 0 spiro atoms. The summed E-state index contributed by atoms with van der Waals surface area (Å²) in [5.41, 5.74) is 5.49. The number of fused-ring (bicyclic) bond motifs is 1. The second-order valence-electron chi connectivity index (χ2n) is 5.29. The van der Waals surface area contributed by atoms with E-state index in [1.165, 1.54) is 0 Å². The summed E-state index contributed by atoms with van der Waals surface area (Å²) in [7, 11) is 0. The Kier molecular flexibility index (Phi) is 3.01. The molecule has 0 unspecified atom stereocenters. The van der Waals surface area contributed by atoms with Gasteiger partial charge in [-0.05, 0) is 49.6 Å². The fourth-order valence-corrected chi connectivity index (χ4v) is 2.73. The van der Waals surface area contributed by atoms with Crippen LogP contribution in [0.2, 0.25) is 0 Å². The van der Waals surface area contributed by atoms with Crippen molar-refractivity contribution in [2.75, 3.05) is 0 Å². The van der Waals surface area contributed by atoms with E-state index in [0.717, 1.165) is 27.7 Å². The van der Waals surface area contributed by atoms with E-state index in [2.05, 4.69) is 9.97 Å². The molecule has 2 N–H and O–H groups in total. The van der Waals surface area contributed by atoms with Gasteiger partial charge in [0.1, 0.15) is 5.82 Å². The van der Waals surface area contributed by atoms with Crippen LogP contribution in [0.5, 0.6) is 0 Å². The second-order valence-corrected chi connectivity index (χ2v) is 5.29. The third-order valence-corrected chi connectivity index (χ3v) is 3.88. The quantitative estimate of drug-likeness (QED) is 0.749. The van der Waals surface area contributed by atoms with Crippen molar-refractivity contribution in [1.29, 1.82) is 0 Å². The molecule has 2 aromatic carbocycles. The van der Waals surface area contributed by atoms with Crippen molar-refractivity contribution in [2.24, 2.45) is 0 Å². The molecule has 0 bridgehead atoms. The number of carbonyl (C=O) groups is 1. The molecule has 4 heteroatoms. The first-order valence-electron chi connectivity index (χ1n) is 6.78. The number of aromatic nitrogens is 2. The topological polar surface area (TPSA) is 66.0 Å². The van der Waals surface area contributed by atoms with E-state index >= 15 is 0 Å². The number of para-hydroxylation sites is 2. The summed E-state index contributed by atoms with van der Waals surface area (Å²) in [5, 5.41) is 9.56. The standard InChI is InChI=1S/C17H16N2O2/c1-9-8-10(2)14(17(20)21)15(11(9)3)16-18-12-6-4-5-7-13(12)19-16/h4-8H,1-3H3,(H,18,19)(H,20,21). The number of aromatic carboxylic acids is 1. The molecule has 1 aromatic heterocycles. The number of imidazole rings is 1. The molecular formula is C17H16N2O2. The average Bonchev–Trinajstić information content (AvgIpc) is 2.85. The number of aromatic amines is 1. The number of aryl methyl sites for hydroxylation is 2. The molecule has 0 aliphatic carbocycles. The third kappa shape index (κ3) is 2.09. The van der Waals surface area contributed by atoms with E-state index in [1.54, 1.807) is 0 Å². The largest absolute Gasteiger partial charge is 0.478 e. The SMILES string of the molecule is Cc1cc(C)c(C(=O)O)c(-c2nc3ccccc3[nH]2)c1C. The summed E-state index contributed by atoms with van der Waals surface area (Å²) in [4.78, 5) is 19.4. The highest BCUT2D eigenvalue weighted by Gasteiger charge is 2.21. The van der Waals surface area contributed by atoms with Crippen LogP contribution in [0.4, 0.5) is 0 Å². The van der Waals surface area contributed by atoms with E-state index in [9.17, 15) is 9.90 Å². The number of rotatable bonds is 2. The molecule has 0 radical (unpaired) electrons. The summed E-state index contributed by atoms with van der Waals surface area (Å²) in [6.07, 6.45) is 0. The van der Waals surface area contributed by atoms with Crippen LogP contribution in [0.15, 0.2) is 30.3 Å². The van der Waals surface area contributed by atoms with Gasteiger partial charge in [-0.3, -0.25) is 0 Å².